The number of carbonyl (C=O) groups excluding carboxylic acids is 2. The summed E-state index contributed by atoms with van der Waals surface area (Å²) in [6.07, 6.45) is 0.473. The van der Waals surface area contributed by atoms with Crippen LogP contribution in [0.3, 0.4) is 0 Å². The van der Waals surface area contributed by atoms with E-state index in [0.717, 1.165) is 4.31 Å². The van der Waals surface area contributed by atoms with Crippen molar-refractivity contribution < 1.29 is 27.5 Å². The molecule has 0 amide bonds. The Morgan fingerprint density at radius 2 is 1.83 bits per heavy atom. The van der Waals surface area contributed by atoms with Gasteiger partial charge in [0.15, 0.2) is 5.75 Å². The summed E-state index contributed by atoms with van der Waals surface area (Å²) in [7, 11) is -1.06. The zero-order valence-electron chi connectivity index (χ0n) is 10.8. The summed E-state index contributed by atoms with van der Waals surface area (Å²) < 4.78 is 33.4. The minimum atomic E-state index is -3.68. The highest BCUT2D eigenvalue weighted by molar-refractivity contribution is 7.89. The van der Waals surface area contributed by atoms with Crippen molar-refractivity contribution in [2.24, 2.45) is 0 Å². The number of ether oxygens (including phenoxy) is 2. The zero-order chi connectivity index (χ0) is 14.2. The number of esters is 2. The highest BCUT2D eigenvalue weighted by Crippen LogP contribution is 2.03. The molecule has 0 radical (unpaired) electrons. The average molecular weight is 281 g/mol. The Labute approximate surface area is 107 Å². The first kappa shape index (κ1) is 16.9. The molecule has 0 aliphatic rings. The molecule has 7 nitrogen and oxygen atoms in total. The molecule has 0 fully saturated rings. The van der Waals surface area contributed by atoms with Gasteiger partial charge in [0.05, 0.1) is 13.7 Å². The molecule has 0 saturated carbocycles. The summed E-state index contributed by atoms with van der Waals surface area (Å²) in [6, 6.07) is 0. The van der Waals surface area contributed by atoms with Crippen molar-refractivity contribution in [3.8, 4) is 0 Å². The van der Waals surface area contributed by atoms with E-state index in [0.29, 0.717) is 6.42 Å². The first-order valence-corrected chi connectivity index (χ1v) is 7.10. The fourth-order valence-electron chi connectivity index (χ4n) is 1.15. The molecule has 0 aromatic rings. The highest BCUT2D eigenvalue weighted by Gasteiger charge is 2.22. The molecule has 0 atom stereocenters. The maximum atomic E-state index is 11.7. The number of sulfonamides is 1. The van der Waals surface area contributed by atoms with Crippen LogP contribution < -0.4 is 0 Å². The van der Waals surface area contributed by atoms with E-state index in [2.05, 4.69) is 9.47 Å². The number of nitrogens with zero attached hydrogens (tertiary/aromatic N) is 1. The third-order valence-corrected chi connectivity index (χ3v) is 3.89. The molecule has 0 aromatic heterocycles. The Bertz CT molecular complexity index is 378. The van der Waals surface area contributed by atoms with Gasteiger partial charge in [0.25, 0.3) is 0 Å². The van der Waals surface area contributed by atoms with Gasteiger partial charge >= 0.3 is 11.9 Å². The Hall–Kier alpha value is -1.15. The van der Waals surface area contributed by atoms with Crippen LogP contribution in [0.2, 0.25) is 0 Å². The molecule has 0 saturated heterocycles. The van der Waals surface area contributed by atoms with Crippen LogP contribution in [0.1, 0.15) is 19.8 Å². The lowest BCUT2D eigenvalue weighted by atomic mass is 10.3. The predicted octanol–water partition coefficient (Wildman–Crippen LogP) is -0.236. The van der Waals surface area contributed by atoms with Crippen LogP contribution in [0, 0.1) is 0 Å². The van der Waals surface area contributed by atoms with Crippen molar-refractivity contribution in [2.45, 2.75) is 19.8 Å². The molecule has 18 heavy (non-hydrogen) atoms. The lowest BCUT2D eigenvalue weighted by molar-refractivity contribution is -0.141. The van der Waals surface area contributed by atoms with Crippen molar-refractivity contribution in [1.29, 1.82) is 0 Å². The second-order valence-electron chi connectivity index (χ2n) is 3.56. The van der Waals surface area contributed by atoms with Gasteiger partial charge in [-0.2, -0.15) is 0 Å². The van der Waals surface area contributed by atoms with Gasteiger partial charge in [0.2, 0.25) is 10.0 Å². The van der Waals surface area contributed by atoms with Gasteiger partial charge in [-0.05, 0) is 13.3 Å². The standard InChI is InChI=1S/C10H19NO6S/c1-4-17-10(13)8-18(14,15)11(2)7-5-6-9(12)16-3/h4-8H2,1-3H3. The monoisotopic (exact) mass is 281 g/mol. The molecule has 0 rings (SSSR count). The third-order valence-electron chi connectivity index (χ3n) is 2.16. The minimum Gasteiger partial charge on any atom is -0.469 e. The second-order valence-corrected chi connectivity index (χ2v) is 5.64. The minimum absolute atomic E-state index is 0.135. The summed E-state index contributed by atoms with van der Waals surface area (Å²) in [5.41, 5.74) is 0. The van der Waals surface area contributed by atoms with Gasteiger partial charge in [0, 0.05) is 20.0 Å². The first-order chi connectivity index (χ1) is 8.33. The van der Waals surface area contributed by atoms with Crippen LogP contribution in [0.25, 0.3) is 0 Å². The van der Waals surface area contributed by atoms with Crippen molar-refractivity contribution in [3.63, 3.8) is 0 Å². The van der Waals surface area contributed by atoms with E-state index in [-0.39, 0.29) is 19.6 Å². The van der Waals surface area contributed by atoms with Gasteiger partial charge in [-0.25, -0.2) is 12.7 Å². The van der Waals surface area contributed by atoms with E-state index in [1.54, 1.807) is 6.92 Å². The molecule has 106 valence electrons. The van der Waals surface area contributed by atoms with Crippen molar-refractivity contribution in [3.05, 3.63) is 0 Å². The second kappa shape index (κ2) is 8.04. The fraction of sp³-hybridized carbons (Fsp3) is 0.800. The number of carbonyl (C=O) groups is 2. The van der Waals surface area contributed by atoms with E-state index in [4.69, 9.17) is 0 Å². The molecule has 0 bridgehead atoms. The maximum Gasteiger partial charge on any atom is 0.322 e. The van der Waals surface area contributed by atoms with Crippen LogP contribution in [0.4, 0.5) is 0 Å². The molecule has 0 aliphatic heterocycles. The van der Waals surface area contributed by atoms with Gasteiger partial charge in [0.1, 0.15) is 0 Å². The SMILES string of the molecule is CCOC(=O)CS(=O)(=O)N(C)CCCC(=O)OC. The maximum absolute atomic E-state index is 11.7. The molecule has 0 aliphatic carbocycles. The van der Waals surface area contributed by atoms with Gasteiger partial charge in [-0.3, -0.25) is 9.59 Å². The molecule has 8 heteroatoms. The first-order valence-electron chi connectivity index (χ1n) is 5.50. The van der Waals surface area contributed by atoms with E-state index in [1.165, 1.54) is 14.2 Å². The van der Waals surface area contributed by atoms with E-state index < -0.39 is 27.7 Å². The molecular weight excluding hydrogens is 262 g/mol. The van der Waals surface area contributed by atoms with Crippen molar-refractivity contribution >= 4 is 22.0 Å². The van der Waals surface area contributed by atoms with Crippen LogP contribution in [0.5, 0.6) is 0 Å². The quantitative estimate of drug-likeness (QED) is 0.571. The topological polar surface area (TPSA) is 90.0 Å². The van der Waals surface area contributed by atoms with Gasteiger partial charge < -0.3 is 9.47 Å². The highest BCUT2D eigenvalue weighted by atomic mass is 32.2. The van der Waals surface area contributed by atoms with Crippen LogP contribution in [-0.2, 0) is 29.1 Å². The lowest BCUT2D eigenvalue weighted by Gasteiger charge is -2.16. The normalized spacial score (nSPS) is 11.3. The fourth-order valence-corrected chi connectivity index (χ4v) is 2.16. The Kier molecular flexibility index (Phi) is 7.53. The summed E-state index contributed by atoms with van der Waals surface area (Å²) in [5.74, 6) is -1.86. The van der Waals surface area contributed by atoms with E-state index >= 15 is 0 Å². The van der Waals surface area contributed by atoms with Crippen LogP contribution in [-0.4, -0.2) is 57.7 Å². The summed E-state index contributed by atoms with van der Waals surface area (Å²) >= 11 is 0. The Morgan fingerprint density at radius 1 is 1.22 bits per heavy atom. The van der Waals surface area contributed by atoms with E-state index in [9.17, 15) is 18.0 Å². The molecule has 0 aromatic carbocycles. The molecule has 0 heterocycles. The number of rotatable bonds is 8. The van der Waals surface area contributed by atoms with E-state index in [1.807, 2.05) is 0 Å². The predicted molar refractivity (Wildman–Crippen MR) is 64.3 cm³/mol. The number of hydrogen-bond donors (Lipinski definition) is 0. The summed E-state index contributed by atoms with van der Waals surface area (Å²) in [4.78, 5) is 21.9. The Morgan fingerprint density at radius 3 is 2.33 bits per heavy atom. The lowest BCUT2D eigenvalue weighted by Crippen LogP contribution is -2.34. The molecule has 0 spiro atoms. The molecule has 0 unspecified atom stereocenters. The van der Waals surface area contributed by atoms with Crippen LogP contribution in [0.15, 0.2) is 0 Å². The Balaban J connectivity index is 4.18. The molecule has 0 N–H and O–H groups in total. The summed E-state index contributed by atoms with van der Waals surface area (Å²) in [6.45, 7) is 1.89. The summed E-state index contributed by atoms with van der Waals surface area (Å²) in [5, 5.41) is 0. The van der Waals surface area contributed by atoms with Crippen molar-refractivity contribution in [2.75, 3.05) is 33.1 Å². The van der Waals surface area contributed by atoms with Crippen molar-refractivity contribution in [1.82, 2.24) is 4.31 Å². The van der Waals surface area contributed by atoms with Gasteiger partial charge in [-0.15, -0.1) is 0 Å². The number of methoxy groups -OCH3 is 1. The number of hydrogen-bond acceptors (Lipinski definition) is 6. The van der Waals surface area contributed by atoms with Gasteiger partial charge in [-0.1, -0.05) is 0 Å². The smallest absolute Gasteiger partial charge is 0.322 e. The third kappa shape index (κ3) is 6.55. The largest absolute Gasteiger partial charge is 0.469 e. The molecular formula is C10H19NO6S. The average Bonchev–Trinajstić information content (AvgIpc) is 2.28. The van der Waals surface area contributed by atoms with Crippen LogP contribution >= 0.6 is 0 Å². The zero-order valence-corrected chi connectivity index (χ0v) is 11.7.